The number of hydrogen-bond donors (Lipinski definition) is 5. The normalized spacial score (nSPS) is 13.6. The van der Waals surface area contributed by atoms with Crippen LogP contribution in [0, 0.1) is 5.41 Å². The first-order valence-corrected chi connectivity index (χ1v) is 13.1. The Labute approximate surface area is 178 Å². The van der Waals surface area contributed by atoms with Gasteiger partial charge in [0.25, 0.3) is 0 Å². The molecule has 176 valence electrons. The van der Waals surface area contributed by atoms with E-state index < -0.39 is 35.3 Å². The Morgan fingerprint density at radius 1 is 0.724 bits per heavy atom. The molecule has 0 fully saturated rings. The summed E-state index contributed by atoms with van der Waals surface area (Å²) in [7, 11) is -5.21. The maximum Gasteiger partial charge on any atom is 0.327 e. The van der Waals surface area contributed by atoms with Gasteiger partial charge in [-0.2, -0.15) is 0 Å². The third kappa shape index (κ3) is 15.1. The van der Waals surface area contributed by atoms with Gasteiger partial charge in [-0.25, -0.2) is 0 Å². The number of aliphatic hydroxyl groups is 1. The van der Waals surface area contributed by atoms with Crippen LogP contribution in [-0.4, -0.2) is 57.2 Å². The second-order valence-corrected chi connectivity index (χ2v) is 9.08. The zero-order valence-corrected chi connectivity index (χ0v) is 19.8. The van der Waals surface area contributed by atoms with Crippen LogP contribution in [-0.2, 0) is 13.8 Å². The van der Waals surface area contributed by atoms with Gasteiger partial charge in [0.05, 0.1) is 31.3 Å². The molecule has 0 aliphatic rings. The van der Waals surface area contributed by atoms with Crippen molar-refractivity contribution in [1.82, 2.24) is 0 Å². The van der Waals surface area contributed by atoms with E-state index >= 15 is 0 Å². The molecule has 0 aromatic carbocycles. The number of unbranched alkanes of at least 4 members (excludes halogenated alkanes) is 8. The second-order valence-electron chi connectivity index (χ2n) is 7.55. The predicted octanol–water partition coefficient (Wildman–Crippen LogP) is 4.14. The van der Waals surface area contributed by atoms with Crippen molar-refractivity contribution >= 4 is 17.2 Å². The van der Waals surface area contributed by atoms with Gasteiger partial charge in [0, 0.05) is 6.61 Å². The minimum Gasteiger partial charge on any atom is -0.396 e. The quantitative estimate of drug-likeness (QED) is 0.128. The van der Waals surface area contributed by atoms with Crippen LogP contribution in [0.2, 0.25) is 0 Å². The highest BCUT2D eigenvalue weighted by molar-refractivity contribution is 7.39. The molecule has 0 aromatic rings. The lowest BCUT2D eigenvalue weighted by atomic mass is 9.81. The molecule has 0 radical (unpaired) electrons. The number of aliphatic hydroxyl groups excluding tert-OH is 1. The van der Waals surface area contributed by atoms with Crippen LogP contribution >= 0.6 is 17.2 Å². The van der Waals surface area contributed by atoms with E-state index in [4.69, 9.17) is 13.8 Å². The summed E-state index contributed by atoms with van der Waals surface area (Å²) in [5.41, 5.74) is -1.10. The largest absolute Gasteiger partial charge is 0.396 e. The summed E-state index contributed by atoms with van der Waals surface area (Å²) in [5.74, 6) is 0. The SMILES string of the molecule is CCCCCCCOC(CCCCCCC)C(CO)(COP(O)O)COP(O)O. The maximum absolute atomic E-state index is 10.1. The van der Waals surface area contributed by atoms with Crippen LogP contribution in [0.15, 0.2) is 0 Å². The van der Waals surface area contributed by atoms with E-state index in [1.165, 1.54) is 19.3 Å². The molecule has 0 aliphatic heterocycles. The van der Waals surface area contributed by atoms with Crippen LogP contribution in [0.3, 0.4) is 0 Å². The van der Waals surface area contributed by atoms with Gasteiger partial charge in [0.2, 0.25) is 0 Å². The van der Waals surface area contributed by atoms with Crippen molar-refractivity contribution in [3.63, 3.8) is 0 Å². The zero-order chi connectivity index (χ0) is 22.0. The molecule has 0 aromatic heterocycles. The first-order chi connectivity index (χ1) is 13.9. The van der Waals surface area contributed by atoms with E-state index in [0.717, 1.165) is 44.9 Å². The Kier molecular flexibility index (Phi) is 19.6. The van der Waals surface area contributed by atoms with Gasteiger partial charge >= 0.3 is 17.2 Å². The Bertz CT molecular complexity index is 349. The maximum atomic E-state index is 10.1. The van der Waals surface area contributed by atoms with Crippen molar-refractivity contribution < 1.29 is 38.5 Å². The fourth-order valence-electron chi connectivity index (χ4n) is 3.22. The molecule has 0 bridgehead atoms. The van der Waals surface area contributed by atoms with Gasteiger partial charge in [-0.05, 0) is 12.8 Å². The Morgan fingerprint density at radius 2 is 1.21 bits per heavy atom. The molecule has 0 amide bonds. The number of ether oxygens (including phenoxy) is 1. The third-order valence-corrected chi connectivity index (χ3v) is 5.79. The van der Waals surface area contributed by atoms with Gasteiger partial charge in [-0.3, -0.25) is 0 Å². The average molecular weight is 460 g/mol. The standard InChI is InChI=1S/C19H42O8P2/c1-3-5-7-9-11-13-18(25-14-12-10-8-6-4-2)19(15-20,16-26-28(21)22)17-27-29(23)24/h18,20-24H,3-17H2,1-2H3. The Morgan fingerprint density at radius 3 is 1.66 bits per heavy atom. The van der Waals surface area contributed by atoms with Crippen LogP contribution < -0.4 is 0 Å². The van der Waals surface area contributed by atoms with Crippen LogP contribution in [0.1, 0.15) is 84.5 Å². The summed E-state index contributed by atoms with van der Waals surface area (Å²) in [6, 6.07) is 0. The van der Waals surface area contributed by atoms with Gasteiger partial charge in [0.1, 0.15) is 0 Å². The van der Waals surface area contributed by atoms with E-state index in [1.54, 1.807) is 0 Å². The van der Waals surface area contributed by atoms with Crippen LogP contribution in [0.25, 0.3) is 0 Å². The van der Waals surface area contributed by atoms with Crippen molar-refractivity contribution in [3.8, 4) is 0 Å². The lowest BCUT2D eigenvalue weighted by molar-refractivity contribution is -0.111. The Balaban J connectivity index is 5.04. The van der Waals surface area contributed by atoms with Crippen molar-refractivity contribution in [2.45, 2.75) is 90.6 Å². The minimum atomic E-state index is -2.61. The van der Waals surface area contributed by atoms with Crippen molar-refractivity contribution in [2.75, 3.05) is 26.4 Å². The molecule has 0 aliphatic carbocycles. The molecular weight excluding hydrogens is 418 g/mol. The molecule has 0 saturated carbocycles. The Hall–Kier alpha value is 0.540. The summed E-state index contributed by atoms with van der Waals surface area (Å²) in [5, 5.41) is 10.1. The molecule has 5 N–H and O–H groups in total. The highest BCUT2D eigenvalue weighted by Crippen LogP contribution is 2.38. The molecule has 1 unspecified atom stereocenters. The fourth-order valence-corrected chi connectivity index (χ4v) is 3.97. The fraction of sp³-hybridized carbons (Fsp3) is 1.00. The molecule has 10 heteroatoms. The van der Waals surface area contributed by atoms with E-state index in [9.17, 15) is 24.7 Å². The number of rotatable bonds is 21. The smallest absolute Gasteiger partial charge is 0.327 e. The molecule has 0 spiro atoms. The lowest BCUT2D eigenvalue weighted by Gasteiger charge is -2.38. The van der Waals surface area contributed by atoms with E-state index in [-0.39, 0.29) is 13.2 Å². The topological polar surface area (TPSA) is 129 Å². The molecule has 1 atom stereocenters. The monoisotopic (exact) mass is 460 g/mol. The summed E-state index contributed by atoms with van der Waals surface area (Å²) < 4.78 is 16.1. The minimum absolute atomic E-state index is 0.208. The van der Waals surface area contributed by atoms with Crippen LogP contribution in [0.4, 0.5) is 0 Å². The van der Waals surface area contributed by atoms with Gasteiger partial charge < -0.3 is 38.5 Å². The third-order valence-electron chi connectivity index (χ3n) is 5.07. The predicted molar refractivity (Wildman–Crippen MR) is 116 cm³/mol. The first-order valence-electron chi connectivity index (χ1n) is 10.8. The highest BCUT2D eigenvalue weighted by Gasteiger charge is 2.41. The summed E-state index contributed by atoms with van der Waals surface area (Å²) >= 11 is 0. The van der Waals surface area contributed by atoms with Crippen molar-refractivity contribution in [3.05, 3.63) is 0 Å². The molecular formula is C19H42O8P2. The average Bonchev–Trinajstić information content (AvgIpc) is 2.69. The summed E-state index contributed by atoms with van der Waals surface area (Å²) in [6.07, 6.45) is 11.0. The van der Waals surface area contributed by atoms with Crippen LogP contribution in [0.5, 0.6) is 0 Å². The van der Waals surface area contributed by atoms with E-state index in [0.29, 0.717) is 13.0 Å². The van der Waals surface area contributed by atoms with Gasteiger partial charge in [0.15, 0.2) is 0 Å². The van der Waals surface area contributed by atoms with E-state index in [1.807, 2.05) is 0 Å². The van der Waals surface area contributed by atoms with Gasteiger partial charge in [-0.15, -0.1) is 0 Å². The van der Waals surface area contributed by atoms with E-state index in [2.05, 4.69) is 13.8 Å². The van der Waals surface area contributed by atoms with Crippen molar-refractivity contribution in [2.24, 2.45) is 5.41 Å². The molecule has 0 heterocycles. The molecule has 8 nitrogen and oxygen atoms in total. The summed E-state index contributed by atoms with van der Waals surface area (Å²) in [6.45, 7) is 4.02. The van der Waals surface area contributed by atoms with Crippen molar-refractivity contribution in [1.29, 1.82) is 0 Å². The molecule has 0 rings (SSSR count). The second kappa shape index (κ2) is 19.2. The number of hydrogen-bond acceptors (Lipinski definition) is 8. The lowest BCUT2D eigenvalue weighted by Crippen LogP contribution is -2.47. The highest BCUT2D eigenvalue weighted by atomic mass is 31.2. The summed E-state index contributed by atoms with van der Waals surface area (Å²) in [4.78, 5) is 36.7. The molecule has 29 heavy (non-hydrogen) atoms. The van der Waals surface area contributed by atoms with Gasteiger partial charge in [-0.1, -0.05) is 71.6 Å². The molecule has 0 saturated heterocycles. The zero-order valence-electron chi connectivity index (χ0n) is 18.0. The first kappa shape index (κ1) is 29.5.